The monoisotopic (exact) mass is 174 g/mol. The fourth-order valence-electron chi connectivity index (χ4n) is 0.510. The van der Waals surface area contributed by atoms with Crippen LogP contribution in [0.15, 0.2) is 0 Å². The van der Waals surface area contributed by atoms with Gasteiger partial charge in [0.1, 0.15) is 11.6 Å². The summed E-state index contributed by atoms with van der Waals surface area (Å²) in [7, 11) is 0. The second-order valence-electron chi connectivity index (χ2n) is 2.63. The average molecular weight is 174 g/mol. The first-order valence-corrected chi connectivity index (χ1v) is 4.14. The van der Waals surface area contributed by atoms with Crippen LogP contribution >= 0.6 is 0 Å². The predicted molar refractivity (Wildman–Crippen MR) is 48.0 cm³/mol. The number of hydrogen-bond donors (Lipinski definition) is 1. The van der Waals surface area contributed by atoms with Crippen LogP contribution in [0.25, 0.3) is 0 Å². The van der Waals surface area contributed by atoms with Gasteiger partial charge in [-0.3, -0.25) is 4.79 Å². The Kier molecular flexibility index (Phi) is 11.9. The maximum Gasteiger partial charge on any atom is 0.132 e. The van der Waals surface area contributed by atoms with Gasteiger partial charge in [0.25, 0.3) is 0 Å². The Labute approximate surface area is 73.8 Å². The number of carbonyl (C=O) groups is 2. The number of aliphatic hydroxyl groups excluding tert-OH is 1. The largest absolute Gasteiger partial charge is 0.396 e. The van der Waals surface area contributed by atoms with Crippen LogP contribution in [0.4, 0.5) is 0 Å². The van der Waals surface area contributed by atoms with Crippen LogP contribution in [-0.2, 0) is 9.59 Å². The zero-order valence-corrected chi connectivity index (χ0v) is 8.09. The Hall–Kier alpha value is -0.700. The molecule has 3 heteroatoms. The minimum atomic E-state index is -0.0185. The Morgan fingerprint density at radius 2 is 1.50 bits per heavy atom. The second kappa shape index (κ2) is 10.3. The lowest BCUT2D eigenvalue weighted by Gasteiger charge is -1.80. The van der Waals surface area contributed by atoms with E-state index in [0.29, 0.717) is 6.42 Å². The molecular weight excluding hydrogens is 156 g/mol. The smallest absolute Gasteiger partial charge is 0.132 e. The highest BCUT2D eigenvalue weighted by Gasteiger charge is 1.85. The lowest BCUT2D eigenvalue weighted by Crippen LogP contribution is -1.92. The van der Waals surface area contributed by atoms with E-state index < -0.39 is 0 Å². The van der Waals surface area contributed by atoms with E-state index >= 15 is 0 Å². The van der Waals surface area contributed by atoms with Crippen molar-refractivity contribution in [2.24, 2.45) is 0 Å². The van der Waals surface area contributed by atoms with Crippen LogP contribution in [0, 0.1) is 0 Å². The van der Waals surface area contributed by atoms with Crippen molar-refractivity contribution in [3.8, 4) is 0 Å². The highest BCUT2D eigenvalue weighted by atomic mass is 16.3. The molecule has 0 aliphatic carbocycles. The van der Waals surface area contributed by atoms with Crippen LogP contribution in [0.3, 0.4) is 0 Å². The van der Waals surface area contributed by atoms with Crippen molar-refractivity contribution in [2.45, 2.75) is 40.0 Å². The molecule has 0 aliphatic heterocycles. The van der Waals surface area contributed by atoms with Gasteiger partial charge in [-0.25, -0.2) is 0 Å². The van der Waals surface area contributed by atoms with Crippen LogP contribution in [0.2, 0.25) is 0 Å². The summed E-state index contributed by atoms with van der Waals surface area (Å²) < 4.78 is 0. The Balaban J connectivity index is 0. The maximum absolute atomic E-state index is 10.0. The Morgan fingerprint density at radius 1 is 1.08 bits per heavy atom. The average Bonchev–Trinajstić information content (AvgIpc) is 1.87. The molecule has 0 amide bonds. The molecule has 0 heterocycles. The number of rotatable bonds is 4. The molecule has 0 aromatic heterocycles. The zero-order chi connectivity index (χ0) is 9.98. The lowest BCUT2D eigenvalue weighted by atomic mass is 10.3. The van der Waals surface area contributed by atoms with Crippen LogP contribution in [0.5, 0.6) is 0 Å². The lowest BCUT2D eigenvalue weighted by molar-refractivity contribution is -0.118. The van der Waals surface area contributed by atoms with Crippen molar-refractivity contribution in [3.63, 3.8) is 0 Å². The van der Waals surface area contributed by atoms with E-state index in [1.54, 1.807) is 6.92 Å². The molecule has 0 unspecified atom stereocenters. The van der Waals surface area contributed by atoms with E-state index in [1.165, 1.54) is 6.92 Å². The van der Waals surface area contributed by atoms with Crippen molar-refractivity contribution >= 4 is 11.6 Å². The van der Waals surface area contributed by atoms with Crippen molar-refractivity contribution < 1.29 is 14.7 Å². The van der Waals surface area contributed by atoms with E-state index in [1.807, 2.05) is 6.92 Å². The van der Waals surface area contributed by atoms with E-state index in [4.69, 9.17) is 5.11 Å². The maximum atomic E-state index is 10.0. The number of carbonyl (C=O) groups excluding carboxylic acids is 2. The zero-order valence-electron chi connectivity index (χ0n) is 8.09. The van der Waals surface area contributed by atoms with E-state index in [9.17, 15) is 9.59 Å². The van der Waals surface area contributed by atoms with Gasteiger partial charge in [-0.05, 0) is 20.3 Å². The standard InChI is InChI=1S/C5H10O.C4H8O2/c1-3-4-5(2)6;1-4(6)2-3-5/h3-4H2,1-2H3;5H,2-3H2,1H3. The normalized spacial score (nSPS) is 8.33. The summed E-state index contributed by atoms with van der Waals surface area (Å²) in [4.78, 5) is 19.9. The van der Waals surface area contributed by atoms with Gasteiger partial charge in [0.2, 0.25) is 0 Å². The highest BCUT2D eigenvalue weighted by Crippen LogP contribution is 1.84. The van der Waals surface area contributed by atoms with Gasteiger partial charge in [-0.1, -0.05) is 6.92 Å². The summed E-state index contributed by atoms with van der Waals surface area (Å²) in [6.45, 7) is 5.05. The molecule has 0 spiro atoms. The SMILES string of the molecule is CC(=O)CCO.CCCC(C)=O. The minimum Gasteiger partial charge on any atom is -0.396 e. The van der Waals surface area contributed by atoms with E-state index in [2.05, 4.69) is 0 Å². The van der Waals surface area contributed by atoms with Gasteiger partial charge < -0.3 is 9.90 Å². The second-order valence-corrected chi connectivity index (χ2v) is 2.63. The molecule has 12 heavy (non-hydrogen) atoms. The molecule has 1 N–H and O–H groups in total. The van der Waals surface area contributed by atoms with E-state index in [-0.39, 0.29) is 18.2 Å². The first-order valence-electron chi connectivity index (χ1n) is 4.14. The predicted octanol–water partition coefficient (Wildman–Crippen LogP) is 1.33. The summed E-state index contributed by atoms with van der Waals surface area (Å²) in [6, 6.07) is 0. The molecule has 0 saturated carbocycles. The topological polar surface area (TPSA) is 54.4 Å². The third kappa shape index (κ3) is 22.8. The number of Topliss-reactive ketones (excluding diaryl/α,β-unsaturated/α-hetero) is 2. The summed E-state index contributed by atoms with van der Waals surface area (Å²) in [5.41, 5.74) is 0. The van der Waals surface area contributed by atoms with Crippen LogP contribution in [0.1, 0.15) is 40.0 Å². The highest BCUT2D eigenvalue weighted by molar-refractivity contribution is 5.75. The first-order chi connectivity index (χ1) is 5.54. The quantitative estimate of drug-likeness (QED) is 0.699. The van der Waals surface area contributed by atoms with Crippen molar-refractivity contribution in [1.29, 1.82) is 0 Å². The number of ketones is 2. The van der Waals surface area contributed by atoms with Gasteiger partial charge in [0.15, 0.2) is 0 Å². The van der Waals surface area contributed by atoms with Crippen molar-refractivity contribution in [3.05, 3.63) is 0 Å². The first kappa shape index (κ1) is 13.9. The van der Waals surface area contributed by atoms with Crippen molar-refractivity contribution in [2.75, 3.05) is 6.61 Å². The molecule has 0 aromatic carbocycles. The molecule has 0 radical (unpaired) electrons. The van der Waals surface area contributed by atoms with Gasteiger partial charge in [0.05, 0.1) is 0 Å². The van der Waals surface area contributed by atoms with Gasteiger partial charge in [-0.15, -0.1) is 0 Å². The number of hydrogen-bond acceptors (Lipinski definition) is 3. The Morgan fingerprint density at radius 3 is 1.50 bits per heavy atom. The molecule has 0 atom stereocenters. The molecule has 0 rings (SSSR count). The van der Waals surface area contributed by atoms with Crippen molar-refractivity contribution in [1.82, 2.24) is 0 Å². The summed E-state index contributed by atoms with van der Waals surface area (Å²) in [6.07, 6.45) is 2.01. The molecule has 3 nitrogen and oxygen atoms in total. The van der Waals surface area contributed by atoms with Crippen LogP contribution in [-0.4, -0.2) is 23.3 Å². The molecular formula is C9H18O3. The summed E-state index contributed by atoms with van der Waals surface area (Å²) in [5.74, 6) is 0.329. The molecule has 0 aromatic rings. The summed E-state index contributed by atoms with van der Waals surface area (Å²) >= 11 is 0. The fraction of sp³-hybridized carbons (Fsp3) is 0.778. The molecule has 72 valence electrons. The summed E-state index contributed by atoms with van der Waals surface area (Å²) in [5, 5.41) is 8.02. The third-order valence-electron chi connectivity index (χ3n) is 1.07. The fourth-order valence-corrected chi connectivity index (χ4v) is 0.510. The van der Waals surface area contributed by atoms with Gasteiger partial charge >= 0.3 is 0 Å². The van der Waals surface area contributed by atoms with Gasteiger partial charge in [-0.2, -0.15) is 0 Å². The third-order valence-corrected chi connectivity index (χ3v) is 1.07. The molecule has 0 aliphatic rings. The molecule has 0 bridgehead atoms. The Bertz CT molecular complexity index is 114. The van der Waals surface area contributed by atoms with E-state index in [0.717, 1.165) is 12.8 Å². The number of aliphatic hydroxyl groups is 1. The van der Waals surface area contributed by atoms with Gasteiger partial charge in [0, 0.05) is 19.4 Å². The molecule has 0 fully saturated rings. The minimum absolute atomic E-state index is 0.0185. The van der Waals surface area contributed by atoms with Crippen LogP contribution < -0.4 is 0 Å². The molecule has 0 saturated heterocycles.